The maximum atomic E-state index is 10.1. The minimum absolute atomic E-state index is 0. The molecule has 0 aliphatic rings. The molecule has 0 spiro atoms. The van der Waals surface area contributed by atoms with Gasteiger partial charge in [0.2, 0.25) is 0 Å². The van der Waals surface area contributed by atoms with Crippen molar-refractivity contribution in [2.45, 2.75) is 40.0 Å². The maximum Gasteiger partial charge on any atom is 0 e. The summed E-state index contributed by atoms with van der Waals surface area (Å²) in [6.07, 6.45) is 5.44. The third kappa shape index (κ3) is 8.68. The summed E-state index contributed by atoms with van der Waals surface area (Å²) < 4.78 is 0. The van der Waals surface area contributed by atoms with Crippen LogP contribution in [0.15, 0.2) is 0 Å². The van der Waals surface area contributed by atoms with Gasteiger partial charge in [-0.05, 0) is 5.92 Å². The number of carbonyl (C=O) groups excluding carboxylic acids is 1. The van der Waals surface area contributed by atoms with Crippen LogP contribution in [0.1, 0.15) is 40.0 Å². The molecule has 2 unspecified atom stereocenters. The first-order valence-electron chi connectivity index (χ1n) is 4.08. The molecular weight excluding hydrogens is 213 g/mol. The number of hydrogen-bond acceptors (Lipinski definition) is 1. The van der Waals surface area contributed by atoms with Crippen molar-refractivity contribution in [3.63, 3.8) is 0 Å². The fourth-order valence-corrected chi connectivity index (χ4v) is 1.26. The van der Waals surface area contributed by atoms with Gasteiger partial charge in [-0.25, -0.2) is 0 Å². The predicted molar refractivity (Wildman–Crippen MR) is 43.5 cm³/mol. The third-order valence-corrected chi connectivity index (χ3v) is 1.74. The van der Waals surface area contributed by atoms with Crippen molar-refractivity contribution in [3.05, 3.63) is 0 Å². The Bertz CT molecular complexity index is 93.6. The van der Waals surface area contributed by atoms with Crippen LogP contribution >= 0.6 is 0 Å². The second-order valence-corrected chi connectivity index (χ2v) is 3.15. The minimum atomic E-state index is 0. The molecule has 0 saturated heterocycles. The van der Waals surface area contributed by atoms with Crippen molar-refractivity contribution < 1.29 is 37.5 Å². The summed E-state index contributed by atoms with van der Waals surface area (Å²) in [5.41, 5.74) is 0. The Hall–Kier alpha value is 0.774. The first kappa shape index (κ1) is 14.3. The second-order valence-electron chi connectivity index (χ2n) is 3.15. The van der Waals surface area contributed by atoms with Crippen LogP contribution in [0.5, 0.6) is 0 Å². The normalized spacial score (nSPS) is 14.8. The number of hydrogen-bond donors (Lipinski definition) is 0. The molecule has 2 atom stereocenters. The first-order chi connectivity index (χ1) is 4.70. The van der Waals surface area contributed by atoms with Gasteiger partial charge in [-0.15, -0.1) is 5.92 Å². The van der Waals surface area contributed by atoms with Gasteiger partial charge in [-0.2, -0.15) is 0 Å². The van der Waals surface area contributed by atoms with Gasteiger partial charge in [0.15, 0.2) is 0 Å². The van der Waals surface area contributed by atoms with Crippen LogP contribution in [0.25, 0.3) is 0 Å². The molecule has 1 nitrogen and oxygen atoms in total. The largest absolute Gasteiger partial charge is 0.542 e. The quantitative estimate of drug-likeness (QED) is 0.663. The average Bonchev–Trinajstić information content (AvgIpc) is 1.88. The monoisotopic (exact) mass is 230 g/mol. The van der Waals surface area contributed by atoms with E-state index in [9.17, 15) is 4.79 Å². The third-order valence-electron chi connectivity index (χ3n) is 1.74. The molecule has 0 bridgehead atoms. The van der Waals surface area contributed by atoms with E-state index in [-0.39, 0.29) is 38.6 Å². The van der Waals surface area contributed by atoms with Crippen LogP contribution in [-0.4, -0.2) is 6.29 Å². The average molecular weight is 230 g/mol. The van der Waals surface area contributed by atoms with E-state index in [2.05, 4.69) is 13.8 Å². The second kappa shape index (κ2) is 8.87. The summed E-state index contributed by atoms with van der Waals surface area (Å²) in [5.74, 6) is 0.808. The zero-order valence-corrected chi connectivity index (χ0v) is 10.6. The van der Waals surface area contributed by atoms with E-state index < -0.39 is 0 Å². The summed E-state index contributed by atoms with van der Waals surface area (Å²) in [7, 11) is 0. The molecular formula is C9H17OY-. The van der Waals surface area contributed by atoms with Crippen molar-refractivity contribution in [1.82, 2.24) is 0 Å². The van der Waals surface area contributed by atoms with Gasteiger partial charge < -0.3 is 4.79 Å². The molecule has 0 saturated carbocycles. The standard InChI is InChI=1S/C9H17O.Y/c1-4-5-8(2)6-9(3)7-10;/h8-9H,4-6H2,1-3H3;/q-1;. The molecule has 0 heterocycles. The van der Waals surface area contributed by atoms with Gasteiger partial charge in [0.05, 0.1) is 0 Å². The molecule has 63 valence electrons. The molecule has 0 N–H and O–H groups in total. The molecule has 0 aliphatic carbocycles. The molecule has 2 heteroatoms. The molecule has 0 aromatic heterocycles. The van der Waals surface area contributed by atoms with Gasteiger partial charge in [-0.3, -0.25) is 6.29 Å². The van der Waals surface area contributed by atoms with Crippen molar-refractivity contribution in [2.75, 3.05) is 0 Å². The first-order valence-corrected chi connectivity index (χ1v) is 4.08. The fourth-order valence-electron chi connectivity index (χ4n) is 1.26. The molecule has 0 rings (SSSR count). The summed E-state index contributed by atoms with van der Waals surface area (Å²) in [6, 6.07) is 0. The van der Waals surface area contributed by atoms with Crippen LogP contribution in [0, 0.1) is 11.8 Å². The Morgan fingerprint density at radius 1 is 1.36 bits per heavy atom. The Morgan fingerprint density at radius 3 is 2.27 bits per heavy atom. The number of rotatable bonds is 5. The Morgan fingerprint density at radius 2 is 1.91 bits per heavy atom. The molecule has 0 amide bonds. The molecule has 0 aromatic rings. The van der Waals surface area contributed by atoms with E-state index in [4.69, 9.17) is 0 Å². The Labute approximate surface area is 95.2 Å². The predicted octanol–water partition coefficient (Wildman–Crippen LogP) is 2.56. The van der Waals surface area contributed by atoms with Gasteiger partial charge in [0, 0.05) is 32.7 Å². The summed E-state index contributed by atoms with van der Waals surface area (Å²) >= 11 is 0. The van der Waals surface area contributed by atoms with Crippen molar-refractivity contribution in [2.24, 2.45) is 11.8 Å². The molecule has 11 heavy (non-hydrogen) atoms. The van der Waals surface area contributed by atoms with E-state index in [0.29, 0.717) is 5.92 Å². The maximum absolute atomic E-state index is 10.1. The minimum Gasteiger partial charge on any atom is -0.542 e. The molecule has 0 aromatic carbocycles. The van der Waals surface area contributed by atoms with E-state index in [1.807, 2.05) is 13.2 Å². The fraction of sp³-hybridized carbons (Fsp3) is 0.889. The van der Waals surface area contributed by atoms with Crippen LogP contribution < -0.4 is 0 Å². The molecule has 1 radical (unpaired) electrons. The van der Waals surface area contributed by atoms with Crippen LogP contribution in [0.2, 0.25) is 0 Å². The Kier molecular flexibility index (Phi) is 11.5. The molecule has 0 fully saturated rings. The van der Waals surface area contributed by atoms with E-state index in [1.165, 1.54) is 12.8 Å². The van der Waals surface area contributed by atoms with Crippen molar-refractivity contribution >= 4 is 6.29 Å². The zero-order chi connectivity index (χ0) is 7.98. The topological polar surface area (TPSA) is 17.1 Å². The van der Waals surface area contributed by atoms with E-state index in [0.717, 1.165) is 6.42 Å². The zero-order valence-electron chi connectivity index (χ0n) is 7.76. The van der Waals surface area contributed by atoms with Crippen LogP contribution in [0.4, 0.5) is 0 Å². The Balaban J connectivity index is 0. The van der Waals surface area contributed by atoms with Gasteiger partial charge in [0.1, 0.15) is 0 Å². The van der Waals surface area contributed by atoms with Gasteiger partial charge >= 0.3 is 0 Å². The smallest absolute Gasteiger partial charge is 0 e. The summed E-state index contributed by atoms with van der Waals surface area (Å²) in [4.78, 5) is 10.1. The molecule has 0 aliphatic heterocycles. The van der Waals surface area contributed by atoms with Gasteiger partial charge in [-0.1, -0.05) is 40.0 Å². The van der Waals surface area contributed by atoms with Crippen molar-refractivity contribution in [3.8, 4) is 0 Å². The van der Waals surface area contributed by atoms with Crippen molar-refractivity contribution in [1.29, 1.82) is 0 Å². The van der Waals surface area contributed by atoms with Crippen LogP contribution in [0.3, 0.4) is 0 Å². The van der Waals surface area contributed by atoms with E-state index in [1.54, 1.807) is 0 Å². The van der Waals surface area contributed by atoms with Crippen LogP contribution in [-0.2, 0) is 37.5 Å². The summed E-state index contributed by atoms with van der Waals surface area (Å²) in [5, 5.41) is 0. The summed E-state index contributed by atoms with van der Waals surface area (Å²) in [6.45, 7) is 6.29. The van der Waals surface area contributed by atoms with E-state index >= 15 is 0 Å². The SMILES string of the molecule is CCCC(C)CC(C)[C-]=O.[Y]. The van der Waals surface area contributed by atoms with Gasteiger partial charge in [0.25, 0.3) is 0 Å².